The lowest BCUT2D eigenvalue weighted by Gasteiger charge is -2.32. The molecular formula is C13H24N2O3. The monoisotopic (exact) mass is 256 g/mol. The molecule has 18 heavy (non-hydrogen) atoms. The van der Waals surface area contributed by atoms with Crippen LogP contribution in [0.3, 0.4) is 0 Å². The first-order valence-corrected chi connectivity index (χ1v) is 6.76. The summed E-state index contributed by atoms with van der Waals surface area (Å²) in [6.07, 6.45) is 3.14. The highest BCUT2D eigenvalue weighted by atomic mass is 16.4. The van der Waals surface area contributed by atoms with E-state index in [4.69, 9.17) is 5.11 Å². The average molecular weight is 256 g/mol. The van der Waals surface area contributed by atoms with Crippen molar-refractivity contribution in [1.82, 2.24) is 9.80 Å². The van der Waals surface area contributed by atoms with Crippen molar-refractivity contribution in [2.75, 3.05) is 19.6 Å². The van der Waals surface area contributed by atoms with Crippen molar-refractivity contribution < 1.29 is 14.7 Å². The lowest BCUT2D eigenvalue weighted by molar-refractivity contribution is -0.138. The van der Waals surface area contributed by atoms with Gasteiger partial charge in [-0.05, 0) is 39.0 Å². The summed E-state index contributed by atoms with van der Waals surface area (Å²) in [5, 5.41) is 8.91. The highest BCUT2D eigenvalue weighted by molar-refractivity contribution is 5.80. The Morgan fingerprint density at radius 1 is 1.33 bits per heavy atom. The molecule has 0 heterocycles. The predicted molar refractivity (Wildman–Crippen MR) is 69.5 cm³/mol. The normalized spacial score (nSPS) is 16.2. The van der Waals surface area contributed by atoms with Crippen LogP contribution in [0.5, 0.6) is 0 Å². The SMILES string of the molecule is CCC(C)N(CC(=O)O)C(=O)N(CC)CC1CC1. The smallest absolute Gasteiger partial charge is 0.323 e. The van der Waals surface area contributed by atoms with Gasteiger partial charge >= 0.3 is 12.0 Å². The third-order valence-electron chi connectivity index (χ3n) is 3.50. The first kappa shape index (κ1) is 14.8. The van der Waals surface area contributed by atoms with Crippen molar-refractivity contribution in [2.45, 2.75) is 46.1 Å². The zero-order valence-electron chi connectivity index (χ0n) is 11.6. The lowest BCUT2D eigenvalue weighted by atomic mass is 10.2. The van der Waals surface area contributed by atoms with E-state index in [0.717, 1.165) is 13.0 Å². The second-order valence-corrected chi connectivity index (χ2v) is 5.04. The maximum atomic E-state index is 12.4. The van der Waals surface area contributed by atoms with Crippen LogP contribution in [-0.4, -0.2) is 52.6 Å². The summed E-state index contributed by atoms with van der Waals surface area (Å²) in [5.74, 6) is -0.330. The van der Waals surface area contributed by atoms with Crippen LogP contribution in [0.2, 0.25) is 0 Å². The van der Waals surface area contributed by atoms with E-state index in [-0.39, 0.29) is 18.6 Å². The number of carboxylic acid groups (broad SMARTS) is 1. The number of carboxylic acids is 1. The zero-order chi connectivity index (χ0) is 13.7. The Morgan fingerprint density at radius 3 is 2.33 bits per heavy atom. The number of amides is 2. The van der Waals surface area contributed by atoms with Gasteiger partial charge in [0, 0.05) is 19.1 Å². The van der Waals surface area contributed by atoms with Gasteiger partial charge in [0.2, 0.25) is 0 Å². The Labute approximate surface area is 109 Å². The van der Waals surface area contributed by atoms with Gasteiger partial charge in [0.05, 0.1) is 0 Å². The molecule has 1 rings (SSSR count). The molecule has 0 spiro atoms. The number of hydrogen-bond acceptors (Lipinski definition) is 2. The molecule has 1 saturated carbocycles. The molecule has 0 radical (unpaired) electrons. The Bertz CT molecular complexity index is 303. The van der Waals surface area contributed by atoms with Crippen LogP contribution in [0.15, 0.2) is 0 Å². The molecule has 5 nitrogen and oxygen atoms in total. The molecule has 1 aliphatic carbocycles. The van der Waals surface area contributed by atoms with Crippen LogP contribution < -0.4 is 0 Å². The van der Waals surface area contributed by atoms with Gasteiger partial charge in [-0.3, -0.25) is 4.79 Å². The molecule has 1 fully saturated rings. The maximum absolute atomic E-state index is 12.4. The minimum absolute atomic E-state index is 0.0400. The molecular weight excluding hydrogens is 232 g/mol. The molecule has 5 heteroatoms. The van der Waals surface area contributed by atoms with Crippen LogP contribution in [0, 0.1) is 5.92 Å². The highest BCUT2D eigenvalue weighted by Crippen LogP contribution is 2.30. The summed E-state index contributed by atoms with van der Waals surface area (Å²) in [6, 6.07) is -0.178. The number of nitrogens with zero attached hydrogens (tertiary/aromatic N) is 2. The molecule has 0 aromatic heterocycles. The Balaban J connectivity index is 2.67. The Kier molecular flexibility index (Phi) is 5.44. The van der Waals surface area contributed by atoms with E-state index < -0.39 is 5.97 Å². The molecule has 0 saturated heterocycles. The number of urea groups is 1. The summed E-state index contributed by atoms with van der Waals surface area (Å²) >= 11 is 0. The minimum atomic E-state index is -0.953. The number of carbonyl (C=O) groups is 2. The Hall–Kier alpha value is -1.26. The van der Waals surface area contributed by atoms with Gasteiger partial charge in [0.1, 0.15) is 6.54 Å². The minimum Gasteiger partial charge on any atom is -0.480 e. The van der Waals surface area contributed by atoms with E-state index in [1.807, 2.05) is 20.8 Å². The van der Waals surface area contributed by atoms with Crippen LogP contribution in [0.4, 0.5) is 4.79 Å². The van der Waals surface area contributed by atoms with Gasteiger partial charge in [-0.2, -0.15) is 0 Å². The summed E-state index contributed by atoms with van der Waals surface area (Å²) in [4.78, 5) is 26.5. The number of rotatable bonds is 7. The summed E-state index contributed by atoms with van der Waals surface area (Å²) in [7, 11) is 0. The number of hydrogen-bond donors (Lipinski definition) is 1. The van der Waals surface area contributed by atoms with Crippen LogP contribution in [0.1, 0.15) is 40.0 Å². The second-order valence-electron chi connectivity index (χ2n) is 5.04. The van der Waals surface area contributed by atoms with Gasteiger partial charge in [-0.25, -0.2) is 4.79 Å². The number of aliphatic carboxylic acids is 1. The fourth-order valence-corrected chi connectivity index (χ4v) is 1.91. The van der Waals surface area contributed by atoms with Crippen molar-refractivity contribution >= 4 is 12.0 Å². The zero-order valence-corrected chi connectivity index (χ0v) is 11.6. The third kappa shape index (κ3) is 4.20. The molecule has 0 aromatic carbocycles. The summed E-state index contributed by atoms with van der Waals surface area (Å²) < 4.78 is 0. The quantitative estimate of drug-likeness (QED) is 0.758. The summed E-state index contributed by atoms with van der Waals surface area (Å²) in [6.45, 7) is 6.99. The van der Waals surface area contributed by atoms with Crippen LogP contribution in [-0.2, 0) is 4.79 Å². The fraction of sp³-hybridized carbons (Fsp3) is 0.846. The van der Waals surface area contributed by atoms with E-state index in [1.165, 1.54) is 17.7 Å². The van der Waals surface area contributed by atoms with E-state index in [9.17, 15) is 9.59 Å². The van der Waals surface area contributed by atoms with Gasteiger partial charge < -0.3 is 14.9 Å². The average Bonchev–Trinajstić information content (AvgIpc) is 3.14. The third-order valence-corrected chi connectivity index (χ3v) is 3.50. The standard InChI is InChI=1S/C13H24N2O3/c1-4-10(3)15(9-12(16)17)13(18)14(5-2)8-11-6-7-11/h10-11H,4-9H2,1-3H3,(H,16,17). The first-order chi connectivity index (χ1) is 8.49. The van der Waals surface area contributed by atoms with E-state index in [2.05, 4.69) is 0 Å². The van der Waals surface area contributed by atoms with Crippen molar-refractivity contribution in [2.24, 2.45) is 5.92 Å². The predicted octanol–water partition coefficient (Wildman–Crippen LogP) is 2.02. The molecule has 2 amide bonds. The van der Waals surface area contributed by atoms with Crippen molar-refractivity contribution in [1.29, 1.82) is 0 Å². The molecule has 104 valence electrons. The van der Waals surface area contributed by atoms with E-state index >= 15 is 0 Å². The first-order valence-electron chi connectivity index (χ1n) is 6.76. The molecule has 1 atom stereocenters. The molecule has 0 aromatic rings. The van der Waals surface area contributed by atoms with Crippen molar-refractivity contribution in [3.05, 3.63) is 0 Å². The topological polar surface area (TPSA) is 60.9 Å². The van der Waals surface area contributed by atoms with Gasteiger partial charge in [0.25, 0.3) is 0 Å². The largest absolute Gasteiger partial charge is 0.480 e. The summed E-state index contributed by atoms with van der Waals surface area (Å²) in [5.41, 5.74) is 0. The number of carbonyl (C=O) groups excluding carboxylic acids is 1. The highest BCUT2D eigenvalue weighted by Gasteiger charge is 2.30. The van der Waals surface area contributed by atoms with Crippen LogP contribution >= 0.6 is 0 Å². The van der Waals surface area contributed by atoms with Gasteiger partial charge in [0.15, 0.2) is 0 Å². The fourth-order valence-electron chi connectivity index (χ4n) is 1.91. The molecule has 1 unspecified atom stereocenters. The van der Waals surface area contributed by atoms with E-state index in [0.29, 0.717) is 12.5 Å². The van der Waals surface area contributed by atoms with Gasteiger partial charge in [-0.15, -0.1) is 0 Å². The lowest BCUT2D eigenvalue weighted by Crippen LogP contribution is -2.49. The molecule has 0 aliphatic heterocycles. The second kappa shape index (κ2) is 6.61. The van der Waals surface area contributed by atoms with E-state index in [1.54, 1.807) is 4.90 Å². The maximum Gasteiger partial charge on any atom is 0.323 e. The molecule has 1 aliphatic rings. The Morgan fingerprint density at radius 2 is 1.94 bits per heavy atom. The van der Waals surface area contributed by atoms with Crippen molar-refractivity contribution in [3.63, 3.8) is 0 Å². The van der Waals surface area contributed by atoms with Gasteiger partial charge in [-0.1, -0.05) is 6.92 Å². The van der Waals surface area contributed by atoms with Crippen molar-refractivity contribution in [3.8, 4) is 0 Å². The van der Waals surface area contributed by atoms with Crippen LogP contribution in [0.25, 0.3) is 0 Å². The molecule has 0 bridgehead atoms. The molecule has 1 N–H and O–H groups in total.